The normalized spacial score (nSPS) is 21.0. The summed E-state index contributed by atoms with van der Waals surface area (Å²) in [5, 5.41) is 0. The average Bonchev–Trinajstić information content (AvgIpc) is 2.67. The molecule has 0 spiro atoms. The lowest BCUT2D eigenvalue weighted by atomic mass is 9.76. The fraction of sp³-hybridized carbons (Fsp3) is 0.520. The van der Waals surface area contributed by atoms with Crippen LogP contribution in [0.25, 0.3) is 0 Å². The van der Waals surface area contributed by atoms with Crippen LogP contribution in [0.1, 0.15) is 81.8 Å². The Hall–Kier alpha value is -1.77. The molecule has 1 aliphatic rings. The molecular formula is C25H33F3. The molecular weight excluding hydrogens is 357 g/mol. The molecule has 0 radical (unpaired) electrons. The smallest absolute Gasteiger partial charge is 0.162 e. The van der Waals surface area contributed by atoms with E-state index in [0.29, 0.717) is 23.5 Å². The zero-order valence-corrected chi connectivity index (χ0v) is 17.2. The zero-order chi connectivity index (χ0) is 20.5. The van der Waals surface area contributed by atoms with Gasteiger partial charge in [0.05, 0.1) is 0 Å². The minimum absolute atomic E-state index is 0.0662. The van der Waals surface area contributed by atoms with Crippen molar-refractivity contribution in [2.45, 2.75) is 77.6 Å². The van der Waals surface area contributed by atoms with Crippen molar-refractivity contribution in [1.82, 2.24) is 0 Å². The number of benzene rings is 1. The van der Waals surface area contributed by atoms with Gasteiger partial charge in [-0.3, -0.25) is 0 Å². The summed E-state index contributed by atoms with van der Waals surface area (Å²) in [6.45, 7) is 7.29. The van der Waals surface area contributed by atoms with Gasteiger partial charge in [-0.2, -0.15) is 0 Å². The molecule has 0 saturated heterocycles. The zero-order valence-electron chi connectivity index (χ0n) is 17.2. The van der Waals surface area contributed by atoms with Crippen LogP contribution in [0.5, 0.6) is 0 Å². The van der Waals surface area contributed by atoms with Crippen LogP contribution in [0.3, 0.4) is 0 Å². The Labute approximate surface area is 168 Å². The highest BCUT2D eigenvalue weighted by molar-refractivity contribution is 5.28. The second-order valence-corrected chi connectivity index (χ2v) is 8.03. The van der Waals surface area contributed by atoms with Crippen molar-refractivity contribution in [3.05, 3.63) is 71.1 Å². The Morgan fingerprint density at radius 2 is 1.82 bits per heavy atom. The van der Waals surface area contributed by atoms with Crippen LogP contribution >= 0.6 is 0 Å². The monoisotopic (exact) mass is 390 g/mol. The Morgan fingerprint density at radius 1 is 1.11 bits per heavy atom. The van der Waals surface area contributed by atoms with Crippen molar-refractivity contribution in [2.75, 3.05) is 0 Å². The van der Waals surface area contributed by atoms with Crippen molar-refractivity contribution in [2.24, 2.45) is 5.92 Å². The molecule has 0 N–H and O–H groups in total. The second kappa shape index (κ2) is 11.3. The standard InChI is InChI=1S/C25H33F3/c1-4-7-20(17-22(26)8-5-2)10-6-9-19-12-14-21(15-13-19)23-16-11-18(3)24(27)25(23)28/h4,7,11,16-17,19,21H,1,5-6,8-10,12-15H2,2-3H3/b20-7-,22-17+. The highest BCUT2D eigenvalue weighted by atomic mass is 19.2. The van der Waals surface area contributed by atoms with Crippen LogP contribution < -0.4 is 0 Å². The molecule has 0 aliphatic heterocycles. The first kappa shape index (κ1) is 22.5. The van der Waals surface area contributed by atoms with E-state index < -0.39 is 11.6 Å². The highest BCUT2D eigenvalue weighted by Crippen LogP contribution is 2.39. The van der Waals surface area contributed by atoms with Crippen LogP contribution in [0.4, 0.5) is 13.2 Å². The maximum absolute atomic E-state index is 14.2. The number of hydrogen-bond donors (Lipinski definition) is 0. The Morgan fingerprint density at radius 3 is 2.46 bits per heavy atom. The van der Waals surface area contributed by atoms with Crippen molar-refractivity contribution in [3.8, 4) is 0 Å². The van der Waals surface area contributed by atoms with Gasteiger partial charge in [-0.05, 0) is 92.9 Å². The predicted octanol–water partition coefficient (Wildman–Crippen LogP) is 8.48. The Balaban J connectivity index is 1.83. The van der Waals surface area contributed by atoms with Crippen molar-refractivity contribution < 1.29 is 13.2 Å². The third-order valence-electron chi connectivity index (χ3n) is 5.83. The first-order valence-corrected chi connectivity index (χ1v) is 10.6. The number of hydrogen-bond acceptors (Lipinski definition) is 0. The van der Waals surface area contributed by atoms with E-state index in [1.54, 1.807) is 31.2 Å². The summed E-state index contributed by atoms with van der Waals surface area (Å²) in [6.07, 6.45) is 13.4. The minimum Gasteiger partial charge on any atom is -0.212 e. The molecule has 0 heterocycles. The average molecular weight is 391 g/mol. The molecule has 0 aromatic heterocycles. The lowest BCUT2D eigenvalue weighted by Gasteiger charge is -2.29. The summed E-state index contributed by atoms with van der Waals surface area (Å²) in [6, 6.07) is 3.43. The molecule has 28 heavy (non-hydrogen) atoms. The van der Waals surface area contributed by atoms with E-state index in [0.717, 1.165) is 56.9 Å². The maximum Gasteiger partial charge on any atom is 0.162 e. The maximum atomic E-state index is 14.2. The molecule has 1 saturated carbocycles. The van der Waals surface area contributed by atoms with E-state index in [-0.39, 0.29) is 11.7 Å². The lowest BCUT2D eigenvalue weighted by Crippen LogP contribution is -2.15. The number of aryl methyl sites for hydroxylation is 1. The number of rotatable bonds is 9. The molecule has 1 aliphatic carbocycles. The highest BCUT2D eigenvalue weighted by Gasteiger charge is 2.25. The summed E-state index contributed by atoms with van der Waals surface area (Å²) in [4.78, 5) is 0. The van der Waals surface area contributed by atoms with Crippen LogP contribution in [0.15, 0.2) is 48.3 Å². The largest absolute Gasteiger partial charge is 0.212 e. The second-order valence-electron chi connectivity index (χ2n) is 8.03. The van der Waals surface area contributed by atoms with E-state index >= 15 is 0 Å². The molecule has 3 heteroatoms. The van der Waals surface area contributed by atoms with E-state index in [1.807, 2.05) is 13.0 Å². The molecule has 2 rings (SSSR count). The van der Waals surface area contributed by atoms with E-state index in [1.165, 1.54) is 0 Å². The van der Waals surface area contributed by atoms with E-state index in [9.17, 15) is 13.2 Å². The van der Waals surface area contributed by atoms with Gasteiger partial charge in [0.25, 0.3) is 0 Å². The third kappa shape index (κ3) is 6.39. The van der Waals surface area contributed by atoms with E-state index in [4.69, 9.17) is 0 Å². The van der Waals surface area contributed by atoms with Crippen LogP contribution in [-0.4, -0.2) is 0 Å². The SMILES string of the molecule is C=C/C=C(\C=C(\F)CCC)CCCC1CCC(c2ccc(C)c(F)c2F)CC1. The summed E-state index contributed by atoms with van der Waals surface area (Å²) in [5.74, 6) is -0.700. The molecule has 154 valence electrons. The van der Waals surface area contributed by atoms with Gasteiger partial charge >= 0.3 is 0 Å². The summed E-state index contributed by atoms with van der Waals surface area (Å²) >= 11 is 0. The van der Waals surface area contributed by atoms with Crippen LogP contribution in [0, 0.1) is 24.5 Å². The summed E-state index contributed by atoms with van der Waals surface area (Å²) in [7, 11) is 0. The van der Waals surface area contributed by atoms with Gasteiger partial charge in [0.1, 0.15) is 5.83 Å². The molecule has 0 nitrogen and oxygen atoms in total. The predicted molar refractivity (Wildman–Crippen MR) is 112 cm³/mol. The Bertz CT molecular complexity index is 707. The van der Waals surface area contributed by atoms with Gasteiger partial charge in [-0.25, -0.2) is 13.2 Å². The van der Waals surface area contributed by atoms with Gasteiger partial charge in [0, 0.05) is 0 Å². The van der Waals surface area contributed by atoms with Gasteiger partial charge < -0.3 is 0 Å². The Kier molecular flexibility index (Phi) is 9.08. The first-order chi connectivity index (χ1) is 13.5. The lowest BCUT2D eigenvalue weighted by molar-refractivity contribution is 0.300. The van der Waals surface area contributed by atoms with Crippen molar-refractivity contribution in [1.29, 1.82) is 0 Å². The molecule has 1 aromatic rings. The fourth-order valence-corrected chi connectivity index (χ4v) is 4.20. The van der Waals surface area contributed by atoms with Gasteiger partial charge in [-0.15, -0.1) is 0 Å². The summed E-state index contributed by atoms with van der Waals surface area (Å²) in [5.41, 5.74) is 1.89. The van der Waals surface area contributed by atoms with Crippen LogP contribution in [0.2, 0.25) is 0 Å². The first-order valence-electron chi connectivity index (χ1n) is 10.6. The number of halogens is 3. The quantitative estimate of drug-likeness (QED) is 0.371. The molecule has 1 fully saturated rings. The molecule has 1 aromatic carbocycles. The number of allylic oxidation sites excluding steroid dienone is 5. The fourth-order valence-electron chi connectivity index (χ4n) is 4.20. The van der Waals surface area contributed by atoms with E-state index in [2.05, 4.69) is 6.58 Å². The third-order valence-corrected chi connectivity index (χ3v) is 5.83. The summed E-state index contributed by atoms with van der Waals surface area (Å²) < 4.78 is 41.9. The van der Waals surface area contributed by atoms with Crippen LogP contribution in [-0.2, 0) is 0 Å². The molecule has 0 atom stereocenters. The molecule has 0 unspecified atom stereocenters. The van der Waals surface area contributed by atoms with Crippen molar-refractivity contribution >= 4 is 0 Å². The molecule has 0 bridgehead atoms. The molecule has 0 amide bonds. The van der Waals surface area contributed by atoms with Crippen molar-refractivity contribution in [3.63, 3.8) is 0 Å². The van der Waals surface area contributed by atoms with Gasteiger partial charge in [0.2, 0.25) is 0 Å². The van der Waals surface area contributed by atoms with Gasteiger partial charge in [-0.1, -0.05) is 44.2 Å². The minimum atomic E-state index is -0.704. The topological polar surface area (TPSA) is 0 Å². The van der Waals surface area contributed by atoms with Gasteiger partial charge in [0.15, 0.2) is 11.6 Å².